The third kappa shape index (κ3) is 2.49. The molecule has 0 aliphatic heterocycles. The van der Waals surface area contributed by atoms with Gasteiger partial charge < -0.3 is 0 Å². The van der Waals surface area contributed by atoms with Gasteiger partial charge in [-0.25, -0.2) is 4.98 Å². The second kappa shape index (κ2) is 4.14. The fourth-order valence-electron chi connectivity index (χ4n) is 2.52. The zero-order valence-electron chi connectivity index (χ0n) is 10.9. The van der Waals surface area contributed by atoms with E-state index < -0.39 is 0 Å². The summed E-state index contributed by atoms with van der Waals surface area (Å²) in [5.41, 5.74) is 0.163. The summed E-state index contributed by atoms with van der Waals surface area (Å²) in [6, 6.07) is 2.54. The number of rotatable bonds is 2. The number of aryl methyl sites for hydroxylation is 1. The molecule has 0 amide bonds. The van der Waals surface area contributed by atoms with Crippen LogP contribution in [0.4, 0.5) is 0 Å². The molecule has 1 saturated carbocycles. The van der Waals surface area contributed by atoms with Crippen molar-refractivity contribution in [1.29, 1.82) is 5.26 Å². The lowest BCUT2D eigenvalue weighted by Gasteiger charge is -2.39. The normalized spacial score (nSPS) is 22.0. The maximum atomic E-state index is 9.49. The average Bonchev–Trinajstić information content (AvgIpc) is 2.68. The molecule has 1 aromatic heterocycles. The third-order valence-electron chi connectivity index (χ3n) is 4.10. The quantitative estimate of drug-likeness (QED) is 0.787. The molecule has 1 heterocycles. The van der Waals surface area contributed by atoms with Crippen molar-refractivity contribution in [3.05, 3.63) is 12.2 Å². The van der Waals surface area contributed by atoms with E-state index in [0.29, 0.717) is 5.41 Å². The van der Waals surface area contributed by atoms with E-state index in [1.807, 2.05) is 7.05 Å². The number of hydrogen-bond acceptors (Lipinski definition) is 3. The molecule has 0 radical (unpaired) electrons. The van der Waals surface area contributed by atoms with E-state index in [2.05, 4.69) is 30.0 Å². The molecule has 0 unspecified atom stereocenters. The molecule has 0 bridgehead atoms. The summed E-state index contributed by atoms with van der Waals surface area (Å²) in [4.78, 5) is 4.24. The molecule has 0 saturated heterocycles. The van der Waals surface area contributed by atoms with Crippen molar-refractivity contribution < 1.29 is 0 Å². The first-order chi connectivity index (χ1) is 7.96. The van der Waals surface area contributed by atoms with E-state index in [4.69, 9.17) is 0 Å². The maximum Gasteiger partial charge on any atom is 0.138 e. The zero-order chi connectivity index (χ0) is 12.5. The van der Waals surface area contributed by atoms with E-state index >= 15 is 0 Å². The van der Waals surface area contributed by atoms with Gasteiger partial charge in [0.15, 0.2) is 0 Å². The van der Waals surface area contributed by atoms with Crippen LogP contribution in [-0.4, -0.2) is 14.8 Å². The molecule has 2 rings (SSSR count). The van der Waals surface area contributed by atoms with Crippen LogP contribution >= 0.6 is 0 Å². The Morgan fingerprint density at radius 3 is 2.47 bits per heavy atom. The van der Waals surface area contributed by atoms with Gasteiger partial charge >= 0.3 is 0 Å². The van der Waals surface area contributed by atoms with Crippen LogP contribution in [0.1, 0.15) is 45.4 Å². The standard InChI is InChI=1S/C13H20N4/c1-12(2)4-6-13(9-14,7-5-12)8-11-15-10-16-17(11)3/h10H,4-8H2,1-3H3. The Bertz CT molecular complexity index is 429. The highest BCUT2D eigenvalue weighted by Gasteiger charge is 2.39. The van der Waals surface area contributed by atoms with E-state index in [-0.39, 0.29) is 5.41 Å². The van der Waals surface area contributed by atoms with Crippen LogP contribution in [0.15, 0.2) is 6.33 Å². The maximum absolute atomic E-state index is 9.49. The third-order valence-corrected chi connectivity index (χ3v) is 4.10. The predicted octanol–water partition coefficient (Wildman–Crippen LogP) is 2.47. The van der Waals surface area contributed by atoms with Gasteiger partial charge in [-0.15, -0.1) is 0 Å². The Hall–Kier alpha value is -1.37. The molecule has 17 heavy (non-hydrogen) atoms. The Balaban J connectivity index is 2.13. The minimum Gasteiger partial charge on any atom is -0.253 e. The molecule has 0 spiro atoms. The fourth-order valence-corrected chi connectivity index (χ4v) is 2.52. The smallest absolute Gasteiger partial charge is 0.138 e. The van der Waals surface area contributed by atoms with Crippen LogP contribution in [0, 0.1) is 22.2 Å². The molecule has 0 atom stereocenters. The molecule has 92 valence electrons. The van der Waals surface area contributed by atoms with Crippen molar-refractivity contribution in [2.45, 2.75) is 46.0 Å². The Morgan fingerprint density at radius 2 is 2.00 bits per heavy atom. The minimum atomic E-state index is -0.226. The van der Waals surface area contributed by atoms with Crippen molar-refractivity contribution in [2.24, 2.45) is 17.9 Å². The molecular weight excluding hydrogens is 212 g/mol. The first-order valence-electron chi connectivity index (χ1n) is 6.21. The lowest BCUT2D eigenvalue weighted by molar-refractivity contribution is 0.143. The van der Waals surface area contributed by atoms with Gasteiger partial charge in [0.1, 0.15) is 12.2 Å². The van der Waals surface area contributed by atoms with Crippen molar-refractivity contribution in [3.8, 4) is 6.07 Å². The summed E-state index contributed by atoms with van der Waals surface area (Å²) in [5.74, 6) is 0.922. The predicted molar refractivity (Wildman–Crippen MR) is 65.0 cm³/mol. The number of nitriles is 1. The number of aromatic nitrogens is 3. The van der Waals surface area contributed by atoms with Crippen LogP contribution in [0.3, 0.4) is 0 Å². The van der Waals surface area contributed by atoms with Gasteiger partial charge in [0, 0.05) is 13.5 Å². The highest BCUT2D eigenvalue weighted by Crippen LogP contribution is 2.46. The largest absolute Gasteiger partial charge is 0.253 e. The monoisotopic (exact) mass is 232 g/mol. The molecule has 4 heteroatoms. The Kier molecular flexibility index (Phi) is 2.94. The molecular formula is C13H20N4. The van der Waals surface area contributed by atoms with E-state index in [9.17, 15) is 5.26 Å². The van der Waals surface area contributed by atoms with Crippen molar-refractivity contribution in [3.63, 3.8) is 0 Å². The SMILES string of the molecule is Cn1ncnc1CC1(C#N)CCC(C)(C)CC1. The fraction of sp³-hybridized carbons (Fsp3) is 0.769. The molecule has 4 nitrogen and oxygen atoms in total. The van der Waals surface area contributed by atoms with Crippen LogP contribution in [-0.2, 0) is 13.5 Å². The van der Waals surface area contributed by atoms with Crippen molar-refractivity contribution in [2.75, 3.05) is 0 Å². The second-order valence-electron chi connectivity index (χ2n) is 6.03. The van der Waals surface area contributed by atoms with Gasteiger partial charge in [-0.2, -0.15) is 10.4 Å². The molecule has 1 aliphatic rings. The minimum absolute atomic E-state index is 0.226. The number of nitrogens with zero attached hydrogens (tertiary/aromatic N) is 4. The van der Waals surface area contributed by atoms with E-state index in [0.717, 1.165) is 37.9 Å². The van der Waals surface area contributed by atoms with Crippen LogP contribution in [0.2, 0.25) is 0 Å². The summed E-state index contributed by atoms with van der Waals surface area (Å²) >= 11 is 0. The summed E-state index contributed by atoms with van der Waals surface area (Å²) < 4.78 is 1.78. The average molecular weight is 232 g/mol. The van der Waals surface area contributed by atoms with Crippen LogP contribution < -0.4 is 0 Å². The highest BCUT2D eigenvalue weighted by atomic mass is 15.3. The van der Waals surface area contributed by atoms with Crippen molar-refractivity contribution in [1.82, 2.24) is 14.8 Å². The molecule has 0 aromatic carbocycles. The first kappa shape index (κ1) is 12.1. The molecule has 1 aromatic rings. The summed E-state index contributed by atoms with van der Waals surface area (Å²) in [7, 11) is 1.89. The van der Waals surface area contributed by atoms with Crippen molar-refractivity contribution >= 4 is 0 Å². The van der Waals surface area contributed by atoms with Gasteiger partial charge in [-0.3, -0.25) is 4.68 Å². The first-order valence-corrected chi connectivity index (χ1v) is 6.21. The van der Waals surface area contributed by atoms with E-state index in [1.165, 1.54) is 0 Å². The summed E-state index contributed by atoms with van der Waals surface area (Å²) in [5, 5.41) is 13.6. The van der Waals surface area contributed by atoms with Gasteiger partial charge in [-0.05, 0) is 31.1 Å². The highest BCUT2D eigenvalue weighted by molar-refractivity contribution is 5.08. The topological polar surface area (TPSA) is 54.5 Å². The Labute approximate surface area is 103 Å². The van der Waals surface area contributed by atoms with Crippen LogP contribution in [0.25, 0.3) is 0 Å². The summed E-state index contributed by atoms with van der Waals surface area (Å²) in [6.45, 7) is 4.58. The Morgan fingerprint density at radius 1 is 1.35 bits per heavy atom. The van der Waals surface area contributed by atoms with E-state index in [1.54, 1.807) is 11.0 Å². The number of hydrogen-bond donors (Lipinski definition) is 0. The second-order valence-corrected chi connectivity index (χ2v) is 6.03. The molecule has 1 aliphatic carbocycles. The van der Waals surface area contributed by atoms with Gasteiger partial charge in [-0.1, -0.05) is 13.8 Å². The summed E-state index contributed by atoms with van der Waals surface area (Å²) in [6.07, 6.45) is 6.49. The molecule has 1 fully saturated rings. The van der Waals surface area contributed by atoms with Gasteiger partial charge in [0.2, 0.25) is 0 Å². The zero-order valence-corrected chi connectivity index (χ0v) is 10.9. The lowest BCUT2D eigenvalue weighted by Crippen LogP contribution is -2.32. The van der Waals surface area contributed by atoms with Gasteiger partial charge in [0.05, 0.1) is 11.5 Å². The lowest BCUT2D eigenvalue weighted by atomic mass is 9.64. The van der Waals surface area contributed by atoms with Crippen LogP contribution in [0.5, 0.6) is 0 Å². The van der Waals surface area contributed by atoms with Gasteiger partial charge in [0.25, 0.3) is 0 Å². The molecule has 0 N–H and O–H groups in total.